The first kappa shape index (κ1) is 18.6. The fraction of sp³-hybridized carbons (Fsp3) is 0.350. The highest BCUT2D eigenvalue weighted by atomic mass is 32.2. The van der Waals surface area contributed by atoms with Gasteiger partial charge in [0.1, 0.15) is 5.75 Å². The van der Waals surface area contributed by atoms with Crippen LogP contribution in [0.3, 0.4) is 0 Å². The van der Waals surface area contributed by atoms with Gasteiger partial charge in [0.25, 0.3) is 0 Å². The van der Waals surface area contributed by atoms with E-state index in [2.05, 4.69) is 6.19 Å². The average molecular weight is 398 g/mol. The lowest BCUT2D eigenvalue weighted by Gasteiger charge is -2.25. The maximum Gasteiger partial charge on any atom is 0.304 e. The van der Waals surface area contributed by atoms with E-state index in [4.69, 9.17) is 10.00 Å². The Morgan fingerprint density at radius 3 is 2.54 bits per heavy atom. The second-order valence-corrected chi connectivity index (χ2v) is 8.74. The Morgan fingerprint density at radius 1 is 1.07 bits per heavy atom. The van der Waals surface area contributed by atoms with Gasteiger partial charge in [0, 0.05) is 32.2 Å². The maximum absolute atomic E-state index is 13.3. The van der Waals surface area contributed by atoms with Crippen LogP contribution in [0.1, 0.15) is 6.42 Å². The van der Waals surface area contributed by atoms with E-state index in [9.17, 15) is 8.42 Å². The third kappa shape index (κ3) is 3.17. The molecule has 0 spiro atoms. The summed E-state index contributed by atoms with van der Waals surface area (Å²) in [5.41, 5.74) is 2.49. The van der Waals surface area contributed by atoms with Gasteiger partial charge in [0.05, 0.1) is 12.8 Å². The van der Waals surface area contributed by atoms with Crippen LogP contribution in [0, 0.1) is 11.5 Å². The first-order valence-corrected chi connectivity index (χ1v) is 10.6. The van der Waals surface area contributed by atoms with Crippen molar-refractivity contribution in [2.24, 2.45) is 0 Å². The quantitative estimate of drug-likeness (QED) is 0.739. The molecule has 1 atom stereocenters. The van der Waals surface area contributed by atoms with Gasteiger partial charge in [-0.15, -0.1) is 0 Å². The molecule has 2 heterocycles. The normalized spacial score (nSPS) is 21.6. The van der Waals surface area contributed by atoms with Gasteiger partial charge in [-0.2, -0.15) is 18.0 Å². The van der Waals surface area contributed by atoms with Crippen LogP contribution < -0.4 is 9.04 Å². The molecule has 2 fully saturated rings. The van der Waals surface area contributed by atoms with E-state index >= 15 is 0 Å². The van der Waals surface area contributed by atoms with Gasteiger partial charge in [0.15, 0.2) is 6.19 Å². The highest BCUT2D eigenvalue weighted by Crippen LogP contribution is 2.38. The number of rotatable bonds is 4. The average Bonchev–Trinajstić information content (AvgIpc) is 3.31. The van der Waals surface area contributed by atoms with Crippen LogP contribution in [0.2, 0.25) is 0 Å². The van der Waals surface area contributed by atoms with E-state index in [1.807, 2.05) is 48.5 Å². The molecule has 2 aromatic carbocycles. The van der Waals surface area contributed by atoms with Crippen LogP contribution in [0.5, 0.6) is 5.75 Å². The minimum absolute atomic E-state index is 0.169. The first-order valence-electron chi connectivity index (χ1n) is 9.22. The summed E-state index contributed by atoms with van der Waals surface area (Å²) in [6.07, 6.45) is 2.78. The van der Waals surface area contributed by atoms with Crippen LogP contribution in [0.4, 0.5) is 5.69 Å². The number of methoxy groups -OCH3 is 1. The van der Waals surface area contributed by atoms with E-state index in [1.165, 1.54) is 8.61 Å². The molecule has 0 aliphatic carbocycles. The number of nitriles is 1. The largest absolute Gasteiger partial charge is 0.495 e. The number of hydrogen-bond acceptors (Lipinski definition) is 5. The Morgan fingerprint density at radius 2 is 1.86 bits per heavy atom. The summed E-state index contributed by atoms with van der Waals surface area (Å²) in [5, 5.41) is 9.07. The molecule has 0 saturated carbocycles. The summed E-state index contributed by atoms with van der Waals surface area (Å²) >= 11 is 0. The van der Waals surface area contributed by atoms with E-state index in [0.717, 1.165) is 11.1 Å². The van der Waals surface area contributed by atoms with Crippen LogP contribution in [-0.4, -0.2) is 57.0 Å². The summed E-state index contributed by atoms with van der Waals surface area (Å²) in [4.78, 5) is 1.61. The minimum Gasteiger partial charge on any atom is -0.495 e. The van der Waals surface area contributed by atoms with E-state index in [1.54, 1.807) is 12.0 Å². The summed E-state index contributed by atoms with van der Waals surface area (Å²) in [6.45, 7) is 1.82. The molecule has 2 saturated heterocycles. The molecule has 7 nitrogen and oxygen atoms in total. The lowest BCUT2D eigenvalue weighted by molar-refractivity contribution is 0.345. The van der Waals surface area contributed by atoms with Crippen molar-refractivity contribution < 1.29 is 13.2 Å². The van der Waals surface area contributed by atoms with E-state index < -0.39 is 10.2 Å². The van der Waals surface area contributed by atoms with Crippen molar-refractivity contribution in [2.75, 3.05) is 37.6 Å². The molecule has 2 aliphatic heterocycles. The summed E-state index contributed by atoms with van der Waals surface area (Å²) < 4.78 is 35.0. The fourth-order valence-electron chi connectivity index (χ4n) is 3.93. The van der Waals surface area contributed by atoms with Crippen molar-refractivity contribution in [3.05, 3.63) is 48.5 Å². The Hall–Kier alpha value is -2.76. The summed E-state index contributed by atoms with van der Waals surface area (Å²) in [6, 6.07) is 15.3. The Labute approximate surface area is 165 Å². The molecule has 2 aliphatic rings. The fourth-order valence-corrected chi connectivity index (χ4v) is 5.74. The Balaban J connectivity index is 1.68. The molecule has 28 heavy (non-hydrogen) atoms. The summed E-state index contributed by atoms with van der Waals surface area (Å²) in [5.74, 6) is 0.523. The second kappa shape index (κ2) is 7.34. The molecule has 0 aromatic heterocycles. The monoisotopic (exact) mass is 398 g/mol. The van der Waals surface area contributed by atoms with E-state index in [0.29, 0.717) is 44.0 Å². The highest BCUT2D eigenvalue weighted by Gasteiger charge is 2.44. The van der Waals surface area contributed by atoms with Crippen molar-refractivity contribution >= 4 is 15.9 Å². The van der Waals surface area contributed by atoms with Gasteiger partial charge in [-0.3, -0.25) is 4.31 Å². The third-order valence-corrected chi connectivity index (χ3v) is 7.37. The standard InChI is InChI=1S/C20H22N4O3S/c1-27-20-8-7-17(16-5-3-2-4-6-16)13-19(20)24-12-11-23(28(24,25)26)18-9-10-22(14-18)15-21/h2-8,13,18H,9-12,14H2,1H3/t18-/m1/s1. The lowest BCUT2D eigenvalue weighted by Crippen LogP contribution is -2.41. The topological polar surface area (TPSA) is 76.9 Å². The number of benzene rings is 2. The minimum atomic E-state index is -3.68. The Bertz CT molecular complexity index is 1000. The van der Waals surface area contributed by atoms with Crippen molar-refractivity contribution in [1.82, 2.24) is 9.21 Å². The number of nitrogens with zero attached hydrogens (tertiary/aromatic N) is 4. The van der Waals surface area contributed by atoms with Gasteiger partial charge < -0.3 is 9.64 Å². The third-order valence-electron chi connectivity index (χ3n) is 5.37. The highest BCUT2D eigenvalue weighted by molar-refractivity contribution is 7.90. The van der Waals surface area contributed by atoms with Crippen molar-refractivity contribution in [1.29, 1.82) is 5.26 Å². The van der Waals surface area contributed by atoms with Crippen LogP contribution in [0.15, 0.2) is 48.5 Å². The van der Waals surface area contributed by atoms with Crippen LogP contribution in [-0.2, 0) is 10.2 Å². The predicted octanol–water partition coefficient (Wildman–Crippen LogP) is 2.28. The van der Waals surface area contributed by atoms with Gasteiger partial charge >= 0.3 is 10.2 Å². The lowest BCUT2D eigenvalue weighted by atomic mass is 10.0. The van der Waals surface area contributed by atoms with Crippen molar-refractivity contribution in [3.8, 4) is 23.1 Å². The molecule has 0 radical (unpaired) electrons. The first-order chi connectivity index (χ1) is 13.5. The SMILES string of the molecule is COc1ccc(-c2ccccc2)cc1N1CCN([C@@H]2CCN(C#N)C2)S1(=O)=O. The number of likely N-dealkylation sites (tertiary alicyclic amines) is 1. The Kier molecular flexibility index (Phi) is 4.87. The molecule has 8 heteroatoms. The van der Waals surface area contributed by atoms with Gasteiger partial charge in [-0.25, -0.2) is 0 Å². The molecule has 0 amide bonds. The molecule has 2 aromatic rings. The van der Waals surface area contributed by atoms with Gasteiger partial charge in [-0.1, -0.05) is 36.4 Å². The predicted molar refractivity (Wildman–Crippen MR) is 107 cm³/mol. The zero-order valence-electron chi connectivity index (χ0n) is 15.7. The number of ether oxygens (including phenoxy) is 1. The van der Waals surface area contributed by atoms with E-state index in [-0.39, 0.29) is 6.04 Å². The smallest absolute Gasteiger partial charge is 0.304 e. The summed E-state index contributed by atoms with van der Waals surface area (Å²) in [7, 11) is -2.13. The molecule has 0 N–H and O–H groups in total. The van der Waals surface area contributed by atoms with Gasteiger partial charge in [0.2, 0.25) is 0 Å². The zero-order valence-corrected chi connectivity index (χ0v) is 16.5. The van der Waals surface area contributed by atoms with Crippen LogP contribution >= 0.6 is 0 Å². The maximum atomic E-state index is 13.3. The molecule has 0 unspecified atom stereocenters. The second-order valence-electron chi connectivity index (χ2n) is 6.93. The molecule has 0 bridgehead atoms. The van der Waals surface area contributed by atoms with Crippen LogP contribution in [0.25, 0.3) is 11.1 Å². The molecule has 146 valence electrons. The number of anilines is 1. The molecule has 4 rings (SSSR count). The molecular formula is C20H22N4O3S. The number of hydrogen-bond donors (Lipinski definition) is 0. The van der Waals surface area contributed by atoms with Crippen molar-refractivity contribution in [2.45, 2.75) is 12.5 Å². The molecular weight excluding hydrogens is 376 g/mol. The van der Waals surface area contributed by atoms with Crippen molar-refractivity contribution in [3.63, 3.8) is 0 Å². The zero-order chi connectivity index (χ0) is 19.7. The van der Waals surface area contributed by atoms with Gasteiger partial charge in [-0.05, 0) is 29.7 Å².